The Morgan fingerprint density at radius 2 is 2.10 bits per heavy atom. The van der Waals surface area contributed by atoms with Crippen molar-refractivity contribution < 1.29 is 14.1 Å². The molecule has 1 unspecified atom stereocenters. The van der Waals surface area contributed by atoms with E-state index in [1.807, 2.05) is 29.2 Å². The zero-order valence-electron chi connectivity index (χ0n) is 17.9. The van der Waals surface area contributed by atoms with E-state index in [1.54, 1.807) is 18.6 Å². The van der Waals surface area contributed by atoms with Crippen LogP contribution in [0.4, 0.5) is 0 Å². The SMILES string of the molecule is CC(C)c1ccc(OCC(=O)N2CCCC(Cc3nc(-c4cnccn4)no3)C2)cc1. The molecule has 0 aliphatic carbocycles. The van der Waals surface area contributed by atoms with E-state index in [9.17, 15) is 4.79 Å². The largest absolute Gasteiger partial charge is 0.484 e. The topological polar surface area (TPSA) is 94.2 Å². The van der Waals surface area contributed by atoms with Gasteiger partial charge in [-0.1, -0.05) is 31.1 Å². The van der Waals surface area contributed by atoms with Gasteiger partial charge in [-0.05, 0) is 42.4 Å². The number of ether oxygens (including phenoxy) is 1. The number of carbonyl (C=O) groups is 1. The molecular weight excluding hydrogens is 394 g/mol. The molecule has 162 valence electrons. The molecule has 1 aliphatic heterocycles. The molecule has 1 fully saturated rings. The van der Waals surface area contributed by atoms with Gasteiger partial charge in [-0.2, -0.15) is 4.98 Å². The maximum absolute atomic E-state index is 12.7. The Labute approximate surface area is 181 Å². The fourth-order valence-corrected chi connectivity index (χ4v) is 3.75. The minimum atomic E-state index is 0.00316. The third-order valence-corrected chi connectivity index (χ3v) is 5.50. The number of rotatable bonds is 7. The molecule has 8 heteroatoms. The third kappa shape index (κ3) is 5.45. The minimum Gasteiger partial charge on any atom is -0.484 e. The van der Waals surface area contributed by atoms with Crippen LogP contribution in [-0.4, -0.2) is 50.6 Å². The molecule has 1 saturated heterocycles. The smallest absolute Gasteiger partial charge is 0.260 e. The van der Waals surface area contributed by atoms with E-state index < -0.39 is 0 Å². The molecule has 31 heavy (non-hydrogen) atoms. The van der Waals surface area contributed by atoms with Crippen molar-refractivity contribution in [1.29, 1.82) is 0 Å². The Kier molecular flexibility index (Phi) is 6.54. The first kappa shape index (κ1) is 21.0. The summed E-state index contributed by atoms with van der Waals surface area (Å²) in [6.07, 6.45) is 7.40. The number of amides is 1. The van der Waals surface area contributed by atoms with E-state index in [0.717, 1.165) is 19.4 Å². The van der Waals surface area contributed by atoms with Gasteiger partial charge in [0.2, 0.25) is 11.7 Å². The second kappa shape index (κ2) is 9.68. The van der Waals surface area contributed by atoms with Crippen molar-refractivity contribution in [3.63, 3.8) is 0 Å². The molecular formula is C23H27N5O3. The summed E-state index contributed by atoms with van der Waals surface area (Å²) >= 11 is 0. The van der Waals surface area contributed by atoms with E-state index in [-0.39, 0.29) is 18.4 Å². The molecule has 0 saturated carbocycles. The van der Waals surface area contributed by atoms with Gasteiger partial charge in [0.1, 0.15) is 11.4 Å². The number of nitrogens with zero attached hydrogens (tertiary/aromatic N) is 5. The first-order chi connectivity index (χ1) is 15.1. The number of hydrogen-bond acceptors (Lipinski definition) is 7. The van der Waals surface area contributed by atoms with Gasteiger partial charge in [-0.25, -0.2) is 4.98 Å². The first-order valence-corrected chi connectivity index (χ1v) is 10.7. The summed E-state index contributed by atoms with van der Waals surface area (Å²) in [6, 6.07) is 7.93. The van der Waals surface area contributed by atoms with E-state index in [2.05, 4.69) is 34.0 Å². The lowest BCUT2D eigenvalue weighted by Crippen LogP contribution is -2.42. The summed E-state index contributed by atoms with van der Waals surface area (Å²) in [5, 5.41) is 4.00. The van der Waals surface area contributed by atoms with Crippen molar-refractivity contribution >= 4 is 5.91 Å². The lowest BCUT2D eigenvalue weighted by molar-refractivity contribution is -0.135. The molecule has 1 atom stereocenters. The molecule has 1 aliphatic rings. The van der Waals surface area contributed by atoms with E-state index >= 15 is 0 Å². The Hall–Kier alpha value is -3.29. The maximum Gasteiger partial charge on any atom is 0.260 e. The lowest BCUT2D eigenvalue weighted by atomic mass is 9.95. The number of piperidine rings is 1. The van der Waals surface area contributed by atoms with Crippen LogP contribution >= 0.6 is 0 Å². The summed E-state index contributed by atoms with van der Waals surface area (Å²) in [5.74, 6) is 2.46. The van der Waals surface area contributed by atoms with E-state index in [0.29, 0.717) is 42.0 Å². The molecule has 0 spiro atoms. The zero-order chi connectivity index (χ0) is 21.6. The van der Waals surface area contributed by atoms with Crippen LogP contribution in [0.15, 0.2) is 47.4 Å². The van der Waals surface area contributed by atoms with Crippen LogP contribution in [0, 0.1) is 5.92 Å². The predicted octanol–water partition coefficient (Wildman–Crippen LogP) is 3.51. The number of aromatic nitrogens is 4. The van der Waals surface area contributed by atoms with Crippen LogP contribution in [0.5, 0.6) is 5.75 Å². The Bertz CT molecular complexity index is 988. The van der Waals surface area contributed by atoms with Crippen molar-refractivity contribution in [2.75, 3.05) is 19.7 Å². The van der Waals surface area contributed by atoms with Crippen molar-refractivity contribution in [1.82, 2.24) is 25.0 Å². The number of benzene rings is 1. The Balaban J connectivity index is 1.29. The molecule has 8 nitrogen and oxygen atoms in total. The van der Waals surface area contributed by atoms with Crippen LogP contribution in [0.1, 0.15) is 44.1 Å². The van der Waals surface area contributed by atoms with Crippen LogP contribution in [-0.2, 0) is 11.2 Å². The lowest BCUT2D eigenvalue weighted by Gasteiger charge is -2.32. The van der Waals surface area contributed by atoms with Gasteiger partial charge in [0.05, 0.1) is 6.20 Å². The van der Waals surface area contributed by atoms with Crippen LogP contribution in [0.2, 0.25) is 0 Å². The Morgan fingerprint density at radius 1 is 1.26 bits per heavy atom. The van der Waals surface area contributed by atoms with Crippen LogP contribution in [0.25, 0.3) is 11.5 Å². The average Bonchev–Trinajstić information content (AvgIpc) is 3.27. The summed E-state index contributed by atoms with van der Waals surface area (Å²) in [7, 11) is 0. The normalized spacial score (nSPS) is 16.5. The summed E-state index contributed by atoms with van der Waals surface area (Å²) in [4.78, 5) is 27.2. The van der Waals surface area contributed by atoms with Crippen molar-refractivity contribution in [3.05, 3.63) is 54.3 Å². The summed E-state index contributed by atoms with van der Waals surface area (Å²) in [5.41, 5.74) is 1.83. The molecule has 0 N–H and O–H groups in total. The van der Waals surface area contributed by atoms with Gasteiger partial charge < -0.3 is 14.2 Å². The molecule has 0 bridgehead atoms. The molecule has 4 rings (SSSR count). The van der Waals surface area contributed by atoms with Crippen LogP contribution < -0.4 is 4.74 Å². The summed E-state index contributed by atoms with van der Waals surface area (Å²) in [6.45, 7) is 5.76. The standard InChI is InChI=1S/C23H27N5O3/c1-16(2)18-5-7-19(8-6-18)30-15-22(29)28-11-3-4-17(14-28)12-21-26-23(27-31-21)20-13-24-9-10-25-20/h5-10,13,16-17H,3-4,11-12,14-15H2,1-2H3. The van der Waals surface area contributed by atoms with Gasteiger partial charge in [-0.15, -0.1) is 0 Å². The van der Waals surface area contributed by atoms with Crippen molar-refractivity contribution in [2.45, 2.75) is 39.0 Å². The number of carbonyl (C=O) groups excluding carboxylic acids is 1. The van der Waals surface area contributed by atoms with E-state index in [1.165, 1.54) is 5.56 Å². The molecule has 1 aromatic carbocycles. The molecule has 3 heterocycles. The fourth-order valence-electron chi connectivity index (χ4n) is 3.75. The molecule has 2 aromatic heterocycles. The van der Waals surface area contributed by atoms with Gasteiger partial charge >= 0.3 is 0 Å². The highest BCUT2D eigenvalue weighted by Crippen LogP contribution is 2.22. The maximum atomic E-state index is 12.7. The highest BCUT2D eigenvalue weighted by molar-refractivity contribution is 5.77. The second-order valence-electron chi connectivity index (χ2n) is 8.17. The Morgan fingerprint density at radius 3 is 2.84 bits per heavy atom. The fraction of sp³-hybridized carbons (Fsp3) is 0.435. The highest BCUT2D eigenvalue weighted by atomic mass is 16.5. The first-order valence-electron chi connectivity index (χ1n) is 10.7. The second-order valence-corrected chi connectivity index (χ2v) is 8.17. The van der Waals surface area contributed by atoms with Crippen molar-refractivity contribution in [2.24, 2.45) is 5.92 Å². The predicted molar refractivity (Wildman–Crippen MR) is 114 cm³/mol. The van der Waals surface area contributed by atoms with Gasteiger partial charge in [0.25, 0.3) is 5.91 Å². The van der Waals surface area contributed by atoms with E-state index in [4.69, 9.17) is 9.26 Å². The summed E-state index contributed by atoms with van der Waals surface area (Å²) < 4.78 is 11.1. The molecule has 1 amide bonds. The number of hydrogen-bond donors (Lipinski definition) is 0. The average molecular weight is 422 g/mol. The molecule has 3 aromatic rings. The van der Waals surface area contributed by atoms with Gasteiger partial charge in [0, 0.05) is 31.9 Å². The monoisotopic (exact) mass is 421 g/mol. The quantitative estimate of drug-likeness (QED) is 0.576. The van der Waals surface area contributed by atoms with Gasteiger partial charge in [-0.3, -0.25) is 9.78 Å². The third-order valence-electron chi connectivity index (χ3n) is 5.50. The molecule has 0 radical (unpaired) electrons. The van der Waals surface area contributed by atoms with Gasteiger partial charge in [0.15, 0.2) is 6.61 Å². The van der Waals surface area contributed by atoms with Crippen molar-refractivity contribution in [3.8, 4) is 17.3 Å². The minimum absolute atomic E-state index is 0.00316. The van der Waals surface area contributed by atoms with Crippen LogP contribution in [0.3, 0.4) is 0 Å². The zero-order valence-corrected chi connectivity index (χ0v) is 17.9. The number of likely N-dealkylation sites (tertiary alicyclic amines) is 1. The highest BCUT2D eigenvalue weighted by Gasteiger charge is 2.26.